The Morgan fingerprint density at radius 3 is 2.94 bits per heavy atom. The van der Waals surface area contributed by atoms with Crippen molar-refractivity contribution in [3.63, 3.8) is 0 Å². The first-order valence-corrected chi connectivity index (χ1v) is 5.86. The topological polar surface area (TPSA) is 77.8 Å². The molecule has 0 radical (unpaired) electrons. The number of ether oxygens (including phenoxy) is 1. The van der Waals surface area contributed by atoms with E-state index in [1.54, 1.807) is 7.05 Å². The standard InChI is InChI=1S/C10H13ClN6O/c1-3-4-12-9-13-5-7(11)8(15-9)18-10-14-6-17(2)16-10/h5-6H,3-4H2,1-2H3,(H,12,13,15). The van der Waals surface area contributed by atoms with E-state index >= 15 is 0 Å². The van der Waals surface area contributed by atoms with Crippen molar-refractivity contribution in [3.8, 4) is 11.9 Å². The molecule has 0 aliphatic heterocycles. The Balaban J connectivity index is 2.15. The van der Waals surface area contributed by atoms with Crippen LogP contribution in [0.15, 0.2) is 12.5 Å². The number of anilines is 1. The van der Waals surface area contributed by atoms with Gasteiger partial charge in [0.2, 0.25) is 11.8 Å². The maximum absolute atomic E-state index is 5.95. The molecular weight excluding hydrogens is 256 g/mol. The lowest BCUT2D eigenvalue weighted by molar-refractivity contribution is 0.422. The maximum Gasteiger partial charge on any atom is 0.342 e. The van der Waals surface area contributed by atoms with Crippen LogP contribution in [0.1, 0.15) is 13.3 Å². The molecule has 0 spiro atoms. The van der Waals surface area contributed by atoms with Crippen LogP contribution in [-0.4, -0.2) is 31.3 Å². The Morgan fingerprint density at radius 2 is 2.28 bits per heavy atom. The molecule has 0 saturated heterocycles. The van der Waals surface area contributed by atoms with Crippen molar-refractivity contribution in [2.75, 3.05) is 11.9 Å². The SMILES string of the molecule is CCCNc1ncc(Cl)c(Oc2ncn(C)n2)n1. The van der Waals surface area contributed by atoms with Gasteiger partial charge in [0.15, 0.2) is 0 Å². The van der Waals surface area contributed by atoms with Crippen LogP contribution in [0, 0.1) is 0 Å². The van der Waals surface area contributed by atoms with Crippen LogP contribution in [0.5, 0.6) is 11.9 Å². The van der Waals surface area contributed by atoms with E-state index in [0.717, 1.165) is 13.0 Å². The Hall–Kier alpha value is -1.89. The van der Waals surface area contributed by atoms with Crippen LogP contribution < -0.4 is 10.1 Å². The third kappa shape index (κ3) is 3.07. The summed E-state index contributed by atoms with van der Waals surface area (Å²) in [6, 6.07) is 0.194. The molecular formula is C10H13ClN6O. The van der Waals surface area contributed by atoms with Gasteiger partial charge < -0.3 is 10.1 Å². The van der Waals surface area contributed by atoms with E-state index in [2.05, 4.69) is 32.3 Å². The molecule has 0 amide bonds. The number of rotatable bonds is 5. The van der Waals surface area contributed by atoms with Crippen LogP contribution in [0.3, 0.4) is 0 Å². The fourth-order valence-corrected chi connectivity index (χ4v) is 1.33. The van der Waals surface area contributed by atoms with Crippen LogP contribution in [0.2, 0.25) is 5.02 Å². The lowest BCUT2D eigenvalue weighted by Crippen LogP contribution is -2.05. The molecule has 2 aromatic rings. The highest BCUT2D eigenvalue weighted by atomic mass is 35.5. The second-order valence-electron chi connectivity index (χ2n) is 3.58. The van der Waals surface area contributed by atoms with Crippen molar-refractivity contribution < 1.29 is 4.74 Å². The fraction of sp³-hybridized carbons (Fsp3) is 0.400. The first-order valence-electron chi connectivity index (χ1n) is 5.49. The number of nitrogens with one attached hydrogen (secondary N) is 1. The van der Waals surface area contributed by atoms with Gasteiger partial charge in [0.1, 0.15) is 11.3 Å². The van der Waals surface area contributed by atoms with Crippen LogP contribution >= 0.6 is 11.6 Å². The lowest BCUT2D eigenvalue weighted by Gasteiger charge is -2.06. The number of aryl methyl sites for hydroxylation is 1. The van der Waals surface area contributed by atoms with Gasteiger partial charge in [0.25, 0.3) is 0 Å². The highest BCUT2D eigenvalue weighted by Crippen LogP contribution is 2.25. The molecule has 96 valence electrons. The van der Waals surface area contributed by atoms with Gasteiger partial charge in [-0.15, -0.1) is 5.10 Å². The minimum atomic E-state index is 0.194. The van der Waals surface area contributed by atoms with E-state index in [1.807, 2.05) is 0 Å². The van der Waals surface area contributed by atoms with Crippen LogP contribution in [0.25, 0.3) is 0 Å². The molecule has 0 saturated carbocycles. The zero-order valence-electron chi connectivity index (χ0n) is 10.1. The largest absolute Gasteiger partial charge is 0.402 e. The molecule has 7 nitrogen and oxygen atoms in total. The quantitative estimate of drug-likeness (QED) is 0.892. The van der Waals surface area contributed by atoms with Gasteiger partial charge in [-0.05, 0) is 6.42 Å². The van der Waals surface area contributed by atoms with Crippen molar-refractivity contribution in [3.05, 3.63) is 17.5 Å². The Labute approximate surface area is 109 Å². The minimum Gasteiger partial charge on any atom is -0.402 e. The van der Waals surface area contributed by atoms with E-state index in [-0.39, 0.29) is 11.9 Å². The Morgan fingerprint density at radius 1 is 1.44 bits per heavy atom. The van der Waals surface area contributed by atoms with E-state index in [4.69, 9.17) is 16.3 Å². The van der Waals surface area contributed by atoms with Gasteiger partial charge in [0, 0.05) is 13.6 Å². The highest BCUT2D eigenvalue weighted by molar-refractivity contribution is 6.31. The molecule has 2 aromatic heterocycles. The molecule has 2 heterocycles. The summed E-state index contributed by atoms with van der Waals surface area (Å²) in [7, 11) is 1.75. The molecule has 0 unspecified atom stereocenters. The molecule has 2 rings (SSSR count). The van der Waals surface area contributed by atoms with Crippen LogP contribution in [-0.2, 0) is 7.05 Å². The number of nitrogens with zero attached hydrogens (tertiary/aromatic N) is 5. The van der Waals surface area contributed by atoms with Crippen molar-refractivity contribution in [2.24, 2.45) is 7.05 Å². The van der Waals surface area contributed by atoms with E-state index in [0.29, 0.717) is 11.0 Å². The summed E-state index contributed by atoms with van der Waals surface area (Å²) in [5, 5.41) is 7.34. The summed E-state index contributed by atoms with van der Waals surface area (Å²) in [4.78, 5) is 12.1. The maximum atomic E-state index is 5.95. The molecule has 0 aliphatic carbocycles. The summed E-state index contributed by atoms with van der Waals surface area (Å²) in [5.74, 6) is 0.698. The molecule has 0 aliphatic rings. The lowest BCUT2D eigenvalue weighted by atomic mass is 10.5. The van der Waals surface area contributed by atoms with Crippen molar-refractivity contribution >= 4 is 17.5 Å². The molecule has 0 aromatic carbocycles. The second kappa shape index (κ2) is 5.63. The number of aromatic nitrogens is 5. The average Bonchev–Trinajstić information content (AvgIpc) is 2.76. The number of halogens is 1. The van der Waals surface area contributed by atoms with Crippen molar-refractivity contribution in [1.29, 1.82) is 0 Å². The van der Waals surface area contributed by atoms with Gasteiger partial charge >= 0.3 is 6.01 Å². The smallest absolute Gasteiger partial charge is 0.342 e. The van der Waals surface area contributed by atoms with E-state index < -0.39 is 0 Å². The van der Waals surface area contributed by atoms with Gasteiger partial charge in [-0.3, -0.25) is 4.68 Å². The zero-order valence-corrected chi connectivity index (χ0v) is 10.8. The van der Waals surface area contributed by atoms with Crippen molar-refractivity contribution in [2.45, 2.75) is 13.3 Å². The average molecular weight is 269 g/mol. The van der Waals surface area contributed by atoms with Crippen molar-refractivity contribution in [1.82, 2.24) is 24.7 Å². The second-order valence-corrected chi connectivity index (χ2v) is 3.98. The minimum absolute atomic E-state index is 0.194. The van der Waals surface area contributed by atoms with E-state index in [1.165, 1.54) is 17.2 Å². The summed E-state index contributed by atoms with van der Waals surface area (Å²) in [6.07, 6.45) is 3.98. The first kappa shape index (κ1) is 12.6. The van der Waals surface area contributed by atoms with Gasteiger partial charge in [-0.1, -0.05) is 18.5 Å². The summed E-state index contributed by atoms with van der Waals surface area (Å²) in [5.41, 5.74) is 0. The fourth-order valence-electron chi connectivity index (χ4n) is 1.20. The Bertz CT molecular complexity index is 529. The van der Waals surface area contributed by atoms with Gasteiger partial charge in [-0.2, -0.15) is 9.97 Å². The third-order valence-corrected chi connectivity index (χ3v) is 2.27. The monoisotopic (exact) mass is 268 g/mol. The Kier molecular flexibility index (Phi) is 3.93. The molecule has 1 N–H and O–H groups in total. The first-order chi connectivity index (χ1) is 8.69. The third-order valence-electron chi connectivity index (χ3n) is 2.01. The number of hydrogen-bond donors (Lipinski definition) is 1. The zero-order chi connectivity index (χ0) is 13.0. The number of hydrogen-bond acceptors (Lipinski definition) is 6. The summed E-state index contributed by atoms with van der Waals surface area (Å²) < 4.78 is 6.91. The molecule has 0 fully saturated rings. The van der Waals surface area contributed by atoms with E-state index in [9.17, 15) is 0 Å². The highest BCUT2D eigenvalue weighted by Gasteiger charge is 2.10. The predicted octanol–water partition coefficient (Wildman–Crippen LogP) is 1.87. The molecule has 8 heteroatoms. The summed E-state index contributed by atoms with van der Waals surface area (Å²) in [6.45, 7) is 2.83. The van der Waals surface area contributed by atoms with Gasteiger partial charge in [0.05, 0.1) is 6.20 Å². The molecule has 0 atom stereocenters. The predicted molar refractivity (Wildman–Crippen MR) is 66.9 cm³/mol. The normalized spacial score (nSPS) is 10.4. The summed E-state index contributed by atoms with van der Waals surface area (Å²) >= 11 is 5.95. The van der Waals surface area contributed by atoms with Gasteiger partial charge in [-0.25, -0.2) is 4.98 Å². The molecule has 0 bridgehead atoms. The van der Waals surface area contributed by atoms with Crippen LogP contribution in [0.4, 0.5) is 5.95 Å². The molecule has 18 heavy (non-hydrogen) atoms.